The average Bonchev–Trinajstić information content (AvgIpc) is 2.54. The lowest BCUT2D eigenvalue weighted by Gasteiger charge is -2.07. The minimum atomic E-state index is -0.291. The molecular weight excluding hydrogens is 288 g/mol. The highest BCUT2D eigenvalue weighted by Crippen LogP contribution is 2.12. The van der Waals surface area contributed by atoms with E-state index in [-0.39, 0.29) is 18.4 Å². The van der Waals surface area contributed by atoms with E-state index in [1.807, 2.05) is 31.2 Å². The summed E-state index contributed by atoms with van der Waals surface area (Å²) in [5.41, 5.74) is 3.24. The van der Waals surface area contributed by atoms with Crippen LogP contribution in [0.1, 0.15) is 28.4 Å². The van der Waals surface area contributed by atoms with Gasteiger partial charge in [0, 0.05) is 16.8 Å². The summed E-state index contributed by atoms with van der Waals surface area (Å²) in [5, 5.41) is 5.45. The molecule has 4 nitrogen and oxygen atoms in total. The second-order valence-corrected chi connectivity index (χ2v) is 5.06. The molecule has 2 rings (SSSR count). The Morgan fingerprint density at radius 2 is 1.74 bits per heavy atom. The second-order valence-electron chi connectivity index (χ2n) is 5.06. The van der Waals surface area contributed by atoms with Gasteiger partial charge in [0.2, 0.25) is 0 Å². The predicted molar refractivity (Wildman–Crippen MR) is 91.5 cm³/mol. The number of amides is 2. The van der Waals surface area contributed by atoms with Gasteiger partial charge >= 0.3 is 6.03 Å². The Labute approximate surface area is 135 Å². The lowest BCUT2D eigenvalue weighted by atomic mass is 10.1. The normalized spacial score (nSPS) is 9.48. The molecule has 0 heterocycles. The number of Topliss-reactive ketones (excluding diaryl/α,β-unsaturated/α-hetero) is 1. The van der Waals surface area contributed by atoms with Crippen LogP contribution in [-0.4, -0.2) is 18.4 Å². The highest BCUT2D eigenvalue weighted by atomic mass is 16.2. The molecule has 2 aromatic carbocycles. The first-order valence-corrected chi connectivity index (χ1v) is 7.26. The molecule has 0 aliphatic rings. The summed E-state index contributed by atoms with van der Waals surface area (Å²) in [6.07, 6.45) is 0. The summed E-state index contributed by atoms with van der Waals surface area (Å²) in [6.45, 7) is 3.70. The summed E-state index contributed by atoms with van der Waals surface area (Å²) < 4.78 is 0. The van der Waals surface area contributed by atoms with Gasteiger partial charge in [0.1, 0.15) is 0 Å². The number of ketones is 1. The number of urea groups is 1. The van der Waals surface area contributed by atoms with E-state index in [1.165, 1.54) is 6.92 Å². The van der Waals surface area contributed by atoms with Gasteiger partial charge in [-0.15, -0.1) is 0 Å². The van der Waals surface area contributed by atoms with Gasteiger partial charge in [0.05, 0.1) is 6.54 Å². The van der Waals surface area contributed by atoms with E-state index in [0.717, 1.165) is 16.8 Å². The van der Waals surface area contributed by atoms with E-state index in [1.54, 1.807) is 24.3 Å². The highest BCUT2D eigenvalue weighted by molar-refractivity contribution is 5.94. The number of carbonyl (C=O) groups is 2. The third-order valence-electron chi connectivity index (χ3n) is 3.25. The molecule has 0 aliphatic carbocycles. The van der Waals surface area contributed by atoms with Crippen LogP contribution in [0, 0.1) is 18.8 Å². The summed E-state index contributed by atoms with van der Waals surface area (Å²) in [7, 11) is 0. The molecule has 0 aliphatic heterocycles. The second kappa shape index (κ2) is 7.81. The van der Waals surface area contributed by atoms with Gasteiger partial charge in [0.25, 0.3) is 0 Å². The minimum absolute atomic E-state index is 0.0269. The van der Waals surface area contributed by atoms with Gasteiger partial charge < -0.3 is 10.6 Å². The largest absolute Gasteiger partial charge is 0.327 e. The fourth-order valence-electron chi connectivity index (χ4n) is 1.94. The third-order valence-corrected chi connectivity index (χ3v) is 3.25. The van der Waals surface area contributed by atoms with E-state index in [2.05, 4.69) is 22.5 Å². The van der Waals surface area contributed by atoms with Crippen molar-refractivity contribution in [2.45, 2.75) is 13.8 Å². The van der Waals surface area contributed by atoms with Crippen molar-refractivity contribution in [1.29, 1.82) is 0 Å². The maximum absolute atomic E-state index is 11.8. The zero-order valence-corrected chi connectivity index (χ0v) is 13.1. The first kappa shape index (κ1) is 16.3. The fourth-order valence-corrected chi connectivity index (χ4v) is 1.94. The topological polar surface area (TPSA) is 58.2 Å². The van der Waals surface area contributed by atoms with Crippen molar-refractivity contribution < 1.29 is 9.59 Å². The van der Waals surface area contributed by atoms with Crippen molar-refractivity contribution in [3.8, 4) is 11.8 Å². The lowest BCUT2D eigenvalue weighted by molar-refractivity contribution is 0.101. The molecule has 2 N–H and O–H groups in total. The van der Waals surface area contributed by atoms with Gasteiger partial charge in [-0.1, -0.05) is 42.2 Å². The number of benzene rings is 2. The Morgan fingerprint density at radius 1 is 1.04 bits per heavy atom. The molecule has 23 heavy (non-hydrogen) atoms. The maximum atomic E-state index is 11.8. The van der Waals surface area contributed by atoms with E-state index >= 15 is 0 Å². The number of carbonyl (C=O) groups excluding carboxylic acids is 2. The molecule has 0 spiro atoms. The molecule has 0 saturated carbocycles. The molecule has 0 bridgehead atoms. The van der Waals surface area contributed by atoms with Crippen LogP contribution >= 0.6 is 0 Å². The Balaban J connectivity index is 1.84. The number of hydrogen-bond acceptors (Lipinski definition) is 2. The minimum Gasteiger partial charge on any atom is -0.327 e. The molecule has 4 heteroatoms. The van der Waals surface area contributed by atoms with Gasteiger partial charge in [0.15, 0.2) is 5.78 Å². The van der Waals surface area contributed by atoms with Crippen LogP contribution in [0.2, 0.25) is 0 Å². The van der Waals surface area contributed by atoms with Crippen molar-refractivity contribution in [3.63, 3.8) is 0 Å². The molecule has 0 aromatic heterocycles. The Morgan fingerprint density at radius 3 is 2.39 bits per heavy atom. The molecule has 0 fully saturated rings. The summed E-state index contributed by atoms with van der Waals surface area (Å²) >= 11 is 0. The first-order chi connectivity index (χ1) is 11.1. The first-order valence-electron chi connectivity index (χ1n) is 7.26. The zero-order chi connectivity index (χ0) is 16.7. The maximum Gasteiger partial charge on any atom is 0.320 e. The van der Waals surface area contributed by atoms with Crippen LogP contribution in [0.15, 0.2) is 48.5 Å². The van der Waals surface area contributed by atoms with E-state index in [9.17, 15) is 9.59 Å². The molecule has 0 unspecified atom stereocenters. The smallest absolute Gasteiger partial charge is 0.320 e. The zero-order valence-electron chi connectivity index (χ0n) is 13.1. The van der Waals surface area contributed by atoms with E-state index in [4.69, 9.17) is 0 Å². The molecule has 2 amide bonds. The van der Waals surface area contributed by atoms with Gasteiger partial charge in [-0.3, -0.25) is 4.79 Å². The van der Waals surface area contributed by atoms with Crippen molar-refractivity contribution in [1.82, 2.24) is 5.32 Å². The molecule has 116 valence electrons. The Hall–Kier alpha value is -3.06. The van der Waals surface area contributed by atoms with Crippen molar-refractivity contribution >= 4 is 17.5 Å². The number of nitrogens with one attached hydrogen (secondary N) is 2. The standard InChI is InChI=1S/C19H18N2O2/c1-14-6-3-4-8-18(14)21-19(23)20-13-5-7-16-9-11-17(12-10-16)15(2)22/h3-4,6,8-12H,13H2,1-2H3,(H2,20,21,23). The third kappa shape index (κ3) is 5.01. The molecule has 0 radical (unpaired) electrons. The highest BCUT2D eigenvalue weighted by Gasteiger charge is 2.01. The van der Waals surface area contributed by atoms with Crippen molar-refractivity contribution in [2.24, 2.45) is 0 Å². The predicted octanol–water partition coefficient (Wildman–Crippen LogP) is 3.37. The van der Waals surface area contributed by atoms with Crippen molar-refractivity contribution in [2.75, 3.05) is 11.9 Å². The molecule has 0 saturated heterocycles. The number of hydrogen-bond donors (Lipinski definition) is 2. The average molecular weight is 306 g/mol. The van der Waals surface area contributed by atoms with Crippen LogP contribution < -0.4 is 10.6 Å². The Bertz CT molecular complexity index is 768. The molecule has 2 aromatic rings. The SMILES string of the molecule is CC(=O)c1ccc(C#CCNC(=O)Nc2ccccc2C)cc1. The Kier molecular flexibility index (Phi) is 5.54. The summed E-state index contributed by atoms with van der Waals surface area (Å²) in [5.74, 6) is 5.84. The van der Waals surface area contributed by atoms with Crippen LogP contribution in [0.4, 0.5) is 10.5 Å². The van der Waals surface area contributed by atoms with Gasteiger partial charge in [-0.05, 0) is 37.6 Å². The number of anilines is 1. The summed E-state index contributed by atoms with van der Waals surface area (Å²) in [6, 6.07) is 14.3. The molecule has 0 atom stereocenters. The number of rotatable bonds is 3. The number of aryl methyl sites for hydroxylation is 1. The van der Waals surface area contributed by atoms with Gasteiger partial charge in [-0.25, -0.2) is 4.79 Å². The van der Waals surface area contributed by atoms with Gasteiger partial charge in [-0.2, -0.15) is 0 Å². The fraction of sp³-hybridized carbons (Fsp3) is 0.158. The van der Waals surface area contributed by atoms with Crippen LogP contribution in [-0.2, 0) is 0 Å². The quantitative estimate of drug-likeness (QED) is 0.674. The number of para-hydroxylation sites is 1. The van der Waals surface area contributed by atoms with Crippen LogP contribution in [0.3, 0.4) is 0 Å². The van der Waals surface area contributed by atoms with Crippen LogP contribution in [0.5, 0.6) is 0 Å². The van der Waals surface area contributed by atoms with Crippen molar-refractivity contribution in [3.05, 3.63) is 65.2 Å². The van der Waals surface area contributed by atoms with Crippen LogP contribution in [0.25, 0.3) is 0 Å². The van der Waals surface area contributed by atoms with E-state index in [0.29, 0.717) is 5.56 Å². The molecular formula is C19H18N2O2. The van der Waals surface area contributed by atoms with E-state index < -0.39 is 0 Å². The monoisotopic (exact) mass is 306 g/mol. The summed E-state index contributed by atoms with van der Waals surface area (Å²) in [4.78, 5) is 22.9. The lowest BCUT2D eigenvalue weighted by Crippen LogP contribution is -2.29.